The molecule has 2 aliphatic heterocycles. The predicted molar refractivity (Wildman–Crippen MR) is 135 cm³/mol. The lowest BCUT2D eigenvalue weighted by molar-refractivity contribution is -0.131. The number of carbonyl (C=O) groups excluding carboxylic acids is 2. The number of benzene rings is 1. The Morgan fingerprint density at radius 2 is 2.03 bits per heavy atom. The molecule has 8 nitrogen and oxygen atoms in total. The molecule has 1 unspecified atom stereocenters. The minimum absolute atomic E-state index is 0.159. The summed E-state index contributed by atoms with van der Waals surface area (Å²) in [4.78, 5) is 27.9. The summed E-state index contributed by atoms with van der Waals surface area (Å²) < 4.78 is 9.60. The van der Waals surface area contributed by atoms with Crippen LogP contribution in [0.1, 0.15) is 66.1 Å². The van der Waals surface area contributed by atoms with Crippen LogP contribution in [-0.4, -0.2) is 55.9 Å². The van der Waals surface area contributed by atoms with Crippen molar-refractivity contribution in [3.8, 4) is 11.3 Å². The van der Waals surface area contributed by atoms with Crippen LogP contribution in [0.2, 0.25) is 0 Å². The van der Waals surface area contributed by atoms with Crippen LogP contribution in [-0.2, 0) is 47.2 Å². The van der Waals surface area contributed by atoms with Crippen LogP contribution in [0.5, 0.6) is 0 Å². The van der Waals surface area contributed by atoms with E-state index in [1.165, 1.54) is 11.3 Å². The molecular weight excluding hydrogens is 454 g/mol. The van der Waals surface area contributed by atoms with Gasteiger partial charge in [0.2, 0.25) is 5.91 Å². The molecule has 3 aliphatic rings. The van der Waals surface area contributed by atoms with Crippen molar-refractivity contribution in [2.45, 2.75) is 64.0 Å². The molecule has 0 spiro atoms. The zero-order chi connectivity index (χ0) is 24.8. The number of fused-ring (bicyclic) bond motifs is 2. The van der Waals surface area contributed by atoms with Crippen LogP contribution < -0.4 is 0 Å². The quantitative estimate of drug-likeness (QED) is 0.564. The van der Waals surface area contributed by atoms with Gasteiger partial charge in [-0.15, -0.1) is 0 Å². The van der Waals surface area contributed by atoms with E-state index in [1.807, 2.05) is 31.3 Å². The largest absolute Gasteiger partial charge is 0.381 e. The molecule has 1 aromatic carbocycles. The van der Waals surface area contributed by atoms with Crippen LogP contribution in [0.25, 0.3) is 11.3 Å². The molecule has 0 saturated carbocycles. The van der Waals surface area contributed by atoms with Gasteiger partial charge in [0.1, 0.15) is 5.78 Å². The third kappa shape index (κ3) is 3.97. The predicted octanol–water partition coefficient (Wildman–Crippen LogP) is 3.38. The Hall–Kier alpha value is -3.26. The molecule has 1 saturated heterocycles. The summed E-state index contributed by atoms with van der Waals surface area (Å²) in [6, 6.07) is 6.64. The maximum Gasteiger partial charge on any atom is 0.222 e. The fraction of sp³-hybridized carbons (Fsp3) is 0.500. The van der Waals surface area contributed by atoms with Gasteiger partial charge in [-0.25, -0.2) is 0 Å². The summed E-state index contributed by atoms with van der Waals surface area (Å²) in [7, 11) is 1.88. The van der Waals surface area contributed by atoms with E-state index in [2.05, 4.69) is 28.0 Å². The van der Waals surface area contributed by atoms with Crippen molar-refractivity contribution in [1.82, 2.24) is 24.5 Å². The fourth-order valence-electron chi connectivity index (χ4n) is 6.14. The van der Waals surface area contributed by atoms with Crippen molar-refractivity contribution in [3.63, 3.8) is 0 Å². The normalized spacial score (nSPS) is 20.3. The minimum Gasteiger partial charge on any atom is -0.381 e. The lowest BCUT2D eigenvalue weighted by Crippen LogP contribution is -2.36. The lowest BCUT2D eigenvalue weighted by Gasteiger charge is -2.30. The third-order valence-electron chi connectivity index (χ3n) is 8.10. The summed E-state index contributed by atoms with van der Waals surface area (Å²) in [6.07, 6.45) is 8.03. The molecular formula is C28H33N5O3. The van der Waals surface area contributed by atoms with E-state index in [1.54, 1.807) is 4.68 Å². The molecule has 1 aliphatic carbocycles. The zero-order valence-electron chi connectivity index (χ0n) is 21.1. The molecule has 8 heteroatoms. The molecule has 1 amide bonds. The van der Waals surface area contributed by atoms with Crippen LogP contribution in [0.3, 0.4) is 0 Å². The van der Waals surface area contributed by atoms with Crippen molar-refractivity contribution in [3.05, 3.63) is 58.5 Å². The van der Waals surface area contributed by atoms with Gasteiger partial charge < -0.3 is 9.64 Å². The highest BCUT2D eigenvalue weighted by molar-refractivity contribution is 5.92. The number of nitrogens with zero attached hydrogens (tertiary/aromatic N) is 5. The fourth-order valence-corrected chi connectivity index (χ4v) is 6.14. The summed E-state index contributed by atoms with van der Waals surface area (Å²) in [6.45, 7) is 4.73. The number of ether oxygens (including phenoxy) is 1. The van der Waals surface area contributed by atoms with Crippen LogP contribution in [0.15, 0.2) is 30.6 Å². The standard InChI is InChI=1S/C28H33N5O3/c1-3-27(35)32-10-7-25-24(17-32)28(30-33(25)20-8-11-36-12-9-20)21-6-4-5-18-13-23(26(34)14-22(18)21)19-15-29-31(2)16-19/h4-6,15-16,20,23H,3,7-14,17H2,1-2H3. The van der Waals surface area contributed by atoms with Gasteiger partial charge in [-0.05, 0) is 30.4 Å². The van der Waals surface area contributed by atoms with Gasteiger partial charge in [0.15, 0.2) is 0 Å². The monoisotopic (exact) mass is 487 g/mol. The molecule has 0 N–H and O–H groups in total. The van der Waals surface area contributed by atoms with Crippen LogP contribution >= 0.6 is 0 Å². The third-order valence-corrected chi connectivity index (χ3v) is 8.10. The molecule has 2 aromatic heterocycles. The van der Waals surface area contributed by atoms with Crippen LogP contribution in [0.4, 0.5) is 0 Å². The summed E-state index contributed by atoms with van der Waals surface area (Å²) >= 11 is 0. The first-order chi connectivity index (χ1) is 17.5. The van der Waals surface area contributed by atoms with E-state index in [0.29, 0.717) is 31.8 Å². The topological polar surface area (TPSA) is 82.3 Å². The van der Waals surface area contributed by atoms with E-state index in [9.17, 15) is 9.59 Å². The number of rotatable bonds is 4. The molecule has 3 aromatic rings. The first-order valence-electron chi connectivity index (χ1n) is 13.1. The Morgan fingerprint density at radius 1 is 1.19 bits per heavy atom. The van der Waals surface area contributed by atoms with Crippen molar-refractivity contribution in [2.75, 3.05) is 19.8 Å². The Balaban J connectivity index is 1.42. The van der Waals surface area contributed by atoms with Gasteiger partial charge in [0.25, 0.3) is 0 Å². The second kappa shape index (κ2) is 9.32. The minimum atomic E-state index is -0.159. The van der Waals surface area contributed by atoms with Gasteiger partial charge in [-0.2, -0.15) is 10.2 Å². The molecule has 6 rings (SSSR count). The van der Waals surface area contributed by atoms with Gasteiger partial charge >= 0.3 is 0 Å². The van der Waals surface area contributed by atoms with E-state index in [0.717, 1.165) is 67.0 Å². The first-order valence-corrected chi connectivity index (χ1v) is 13.1. The van der Waals surface area contributed by atoms with Crippen molar-refractivity contribution in [2.24, 2.45) is 7.05 Å². The highest BCUT2D eigenvalue weighted by atomic mass is 16.5. The van der Waals surface area contributed by atoms with Gasteiger partial charge in [-0.3, -0.25) is 19.0 Å². The number of aromatic nitrogens is 4. The summed E-state index contributed by atoms with van der Waals surface area (Å²) in [5.74, 6) is 0.242. The van der Waals surface area contributed by atoms with E-state index < -0.39 is 0 Å². The molecule has 0 radical (unpaired) electrons. The second-order valence-corrected chi connectivity index (χ2v) is 10.3. The van der Waals surface area contributed by atoms with Crippen molar-refractivity contribution >= 4 is 11.7 Å². The molecule has 1 atom stereocenters. The van der Waals surface area contributed by atoms with Crippen LogP contribution in [0, 0.1) is 0 Å². The number of hydrogen-bond donors (Lipinski definition) is 0. The summed E-state index contributed by atoms with van der Waals surface area (Å²) in [5.41, 5.74) is 7.63. The SMILES string of the molecule is CCC(=O)N1CCc2c(c(-c3cccc4c3CC(=O)C(c3cnn(C)c3)C4)nn2C2CCOCC2)C1. The molecule has 0 bridgehead atoms. The first kappa shape index (κ1) is 23.2. The van der Waals surface area contributed by atoms with Crippen molar-refractivity contribution in [1.29, 1.82) is 0 Å². The number of amides is 1. The van der Waals surface area contributed by atoms with E-state index in [-0.39, 0.29) is 17.6 Å². The number of ketones is 1. The summed E-state index contributed by atoms with van der Waals surface area (Å²) in [5, 5.41) is 9.50. The Morgan fingerprint density at radius 3 is 2.78 bits per heavy atom. The maximum absolute atomic E-state index is 13.3. The second-order valence-electron chi connectivity index (χ2n) is 10.3. The Labute approximate surface area is 211 Å². The number of aryl methyl sites for hydroxylation is 1. The molecule has 36 heavy (non-hydrogen) atoms. The van der Waals surface area contributed by atoms with E-state index >= 15 is 0 Å². The number of hydrogen-bond acceptors (Lipinski definition) is 5. The number of Topliss-reactive ketones (excluding diaryl/α,β-unsaturated/α-hetero) is 1. The maximum atomic E-state index is 13.3. The average Bonchev–Trinajstić information content (AvgIpc) is 3.51. The average molecular weight is 488 g/mol. The molecule has 1 fully saturated rings. The van der Waals surface area contributed by atoms with Crippen molar-refractivity contribution < 1.29 is 14.3 Å². The lowest BCUT2D eigenvalue weighted by atomic mass is 9.78. The zero-order valence-corrected chi connectivity index (χ0v) is 21.1. The highest BCUT2D eigenvalue weighted by Gasteiger charge is 2.34. The van der Waals surface area contributed by atoms with Gasteiger partial charge in [0, 0.05) is 81.2 Å². The van der Waals surface area contributed by atoms with Gasteiger partial charge in [0.05, 0.1) is 23.9 Å². The smallest absolute Gasteiger partial charge is 0.222 e. The highest BCUT2D eigenvalue weighted by Crippen LogP contribution is 2.39. The van der Waals surface area contributed by atoms with E-state index in [4.69, 9.17) is 9.84 Å². The molecule has 4 heterocycles. The Kier molecular flexibility index (Phi) is 5.99. The number of carbonyl (C=O) groups is 2. The Bertz CT molecular complexity index is 1320. The van der Waals surface area contributed by atoms with Gasteiger partial charge in [-0.1, -0.05) is 25.1 Å². The molecule has 188 valence electrons.